The summed E-state index contributed by atoms with van der Waals surface area (Å²) < 4.78 is 20.4. The summed E-state index contributed by atoms with van der Waals surface area (Å²) in [5.74, 6) is -0.656. The molecule has 32 heavy (non-hydrogen) atoms. The molecule has 1 aromatic heterocycles. The molecule has 0 radical (unpaired) electrons. The fourth-order valence-electron chi connectivity index (χ4n) is 4.41. The minimum Gasteiger partial charge on any atom is -0.472 e. The first-order chi connectivity index (χ1) is 15.4. The molecule has 1 saturated heterocycles. The van der Waals surface area contributed by atoms with E-state index in [1.54, 1.807) is 13.1 Å². The van der Waals surface area contributed by atoms with Gasteiger partial charge in [-0.2, -0.15) is 0 Å². The molecule has 2 aliphatic heterocycles. The van der Waals surface area contributed by atoms with Gasteiger partial charge in [-0.1, -0.05) is 0 Å². The molecule has 8 nitrogen and oxygen atoms in total. The van der Waals surface area contributed by atoms with E-state index in [-0.39, 0.29) is 17.6 Å². The molecule has 1 spiro atoms. The van der Waals surface area contributed by atoms with Crippen molar-refractivity contribution in [1.29, 1.82) is 0 Å². The van der Waals surface area contributed by atoms with Gasteiger partial charge in [-0.25, -0.2) is 9.37 Å². The number of carbonyl (C=O) groups excluding carboxylic acids is 2. The minimum atomic E-state index is -0.850. The molecular weight excluding hydrogens is 413 g/mol. The Labute approximate surface area is 185 Å². The van der Waals surface area contributed by atoms with Crippen LogP contribution in [0.4, 0.5) is 15.8 Å². The maximum atomic E-state index is 14.7. The van der Waals surface area contributed by atoms with Gasteiger partial charge in [0.1, 0.15) is 5.69 Å². The summed E-state index contributed by atoms with van der Waals surface area (Å²) in [4.78, 5) is 32.9. The second kappa shape index (κ2) is 7.74. The Morgan fingerprint density at radius 1 is 1.25 bits per heavy atom. The van der Waals surface area contributed by atoms with Gasteiger partial charge in [-0.05, 0) is 36.8 Å². The van der Waals surface area contributed by atoms with E-state index in [2.05, 4.69) is 25.4 Å². The van der Waals surface area contributed by atoms with Crippen LogP contribution in [0, 0.1) is 12.7 Å². The van der Waals surface area contributed by atoms with Crippen molar-refractivity contribution in [3.05, 3.63) is 47.0 Å². The van der Waals surface area contributed by atoms with E-state index in [0.717, 1.165) is 43.1 Å². The van der Waals surface area contributed by atoms with Crippen LogP contribution in [0.15, 0.2) is 24.3 Å². The van der Waals surface area contributed by atoms with Crippen molar-refractivity contribution in [2.45, 2.75) is 31.9 Å². The van der Waals surface area contributed by atoms with E-state index < -0.39 is 11.4 Å². The van der Waals surface area contributed by atoms with Crippen molar-refractivity contribution in [3.8, 4) is 5.75 Å². The molecule has 9 heteroatoms. The van der Waals surface area contributed by atoms with Crippen LogP contribution in [0.3, 0.4) is 0 Å². The normalized spacial score (nSPS) is 19.2. The molecule has 0 unspecified atom stereocenters. The van der Waals surface area contributed by atoms with Gasteiger partial charge in [0.15, 0.2) is 17.2 Å². The number of aryl methyl sites for hydroxylation is 1. The molecule has 1 saturated carbocycles. The molecule has 2 fully saturated rings. The van der Waals surface area contributed by atoms with Crippen molar-refractivity contribution in [2.24, 2.45) is 0 Å². The predicted octanol–water partition coefficient (Wildman–Crippen LogP) is 2.07. The van der Waals surface area contributed by atoms with Crippen molar-refractivity contribution >= 4 is 23.2 Å². The number of benzene rings is 1. The van der Waals surface area contributed by atoms with Crippen LogP contribution in [-0.2, 0) is 11.3 Å². The van der Waals surface area contributed by atoms with E-state index in [1.165, 1.54) is 6.07 Å². The van der Waals surface area contributed by atoms with E-state index in [9.17, 15) is 14.0 Å². The number of pyridine rings is 1. The summed E-state index contributed by atoms with van der Waals surface area (Å²) in [6.45, 7) is 5.72. The number of carbonyl (C=O) groups is 2. The summed E-state index contributed by atoms with van der Waals surface area (Å²) in [5, 5.41) is 5.41. The largest absolute Gasteiger partial charge is 0.472 e. The molecule has 0 bridgehead atoms. The first-order valence-electron chi connectivity index (χ1n) is 10.9. The number of piperazine rings is 1. The number of fused-ring (bicyclic) bond motifs is 1. The average Bonchev–Trinajstić information content (AvgIpc) is 3.56. The van der Waals surface area contributed by atoms with Crippen LogP contribution >= 0.6 is 0 Å². The SMILES string of the molecule is CNC(=O)c1ccc(N2CCN(Cc3cc(F)c4c(c3)NC(=O)C3(CC3)O4)CC2)c(C)n1. The van der Waals surface area contributed by atoms with Gasteiger partial charge >= 0.3 is 0 Å². The Bertz CT molecular complexity index is 1090. The molecule has 0 atom stereocenters. The highest BCUT2D eigenvalue weighted by atomic mass is 19.1. The number of rotatable bonds is 4. The van der Waals surface area contributed by atoms with Crippen LogP contribution in [0.5, 0.6) is 5.75 Å². The molecule has 1 aliphatic carbocycles. The third kappa shape index (κ3) is 3.66. The molecule has 1 aromatic carbocycles. The van der Waals surface area contributed by atoms with Crippen molar-refractivity contribution in [1.82, 2.24) is 15.2 Å². The van der Waals surface area contributed by atoms with Gasteiger partial charge < -0.3 is 20.3 Å². The van der Waals surface area contributed by atoms with E-state index in [4.69, 9.17) is 4.74 Å². The van der Waals surface area contributed by atoms with Gasteiger partial charge in [0.25, 0.3) is 11.8 Å². The number of ether oxygens (including phenoxy) is 1. The summed E-state index contributed by atoms with van der Waals surface area (Å²) in [7, 11) is 1.59. The number of nitrogens with one attached hydrogen (secondary N) is 2. The molecular formula is C23H26FN5O3. The lowest BCUT2D eigenvalue weighted by molar-refractivity contribution is -0.125. The van der Waals surface area contributed by atoms with Crippen LogP contribution < -0.4 is 20.3 Å². The first kappa shape index (κ1) is 20.7. The van der Waals surface area contributed by atoms with Crippen molar-refractivity contribution in [2.75, 3.05) is 43.4 Å². The summed E-state index contributed by atoms with van der Waals surface area (Å²) in [6.07, 6.45) is 1.26. The smallest absolute Gasteiger partial charge is 0.269 e. The monoisotopic (exact) mass is 439 g/mol. The van der Waals surface area contributed by atoms with Gasteiger partial charge in [0.2, 0.25) is 0 Å². The molecule has 2 aromatic rings. The summed E-state index contributed by atoms with van der Waals surface area (Å²) >= 11 is 0. The van der Waals surface area contributed by atoms with Crippen LogP contribution in [0.2, 0.25) is 0 Å². The molecule has 5 rings (SSSR count). The standard InChI is InChI=1S/C23H26FN5O3/c1-14-19(4-3-17(26-14)21(30)25-2)29-9-7-28(8-10-29)13-15-11-16(24)20-18(12-15)27-22(31)23(32-20)5-6-23/h3-4,11-12H,5-10,13H2,1-2H3,(H,25,30)(H,27,31). The molecule has 3 heterocycles. The molecule has 2 amide bonds. The number of anilines is 2. The zero-order valence-electron chi connectivity index (χ0n) is 18.2. The topological polar surface area (TPSA) is 86.8 Å². The van der Waals surface area contributed by atoms with Crippen LogP contribution in [-0.4, -0.2) is 60.5 Å². The Kier molecular flexibility index (Phi) is 5.00. The fourth-order valence-corrected chi connectivity index (χ4v) is 4.41. The minimum absolute atomic E-state index is 0.152. The highest BCUT2D eigenvalue weighted by Crippen LogP contribution is 2.47. The second-order valence-corrected chi connectivity index (χ2v) is 8.65. The van der Waals surface area contributed by atoms with Crippen molar-refractivity contribution < 1.29 is 18.7 Å². The van der Waals surface area contributed by atoms with Crippen LogP contribution in [0.1, 0.15) is 34.6 Å². The van der Waals surface area contributed by atoms with Crippen LogP contribution in [0.25, 0.3) is 0 Å². The Morgan fingerprint density at radius 3 is 2.66 bits per heavy atom. The average molecular weight is 439 g/mol. The predicted molar refractivity (Wildman–Crippen MR) is 117 cm³/mol. The zero-order valence-corrected chi connectivity index (χ0v) is 18.2. The number of nitrogens with zero attached hydrogens (tertiary/aromatic N) is 3. The van der Waals surface area contributed by atoms with E-state index >= 15 is 0 Å². The summed E-state index contributed by atoms with van der Waals surface area (Å²) in [5.41, 5.74) is 2.62. The Hall–Kier alpha value is -3.20. The molecule has 3 aliphatic rings. The number of halogens is 1. The maximum absolute atomic E-state index is 14.7. The first-order valence-corrected chi connectivity index (χ1v) is 10.9. The number of hydrogen-bond acceptors (Lipinski definition) is 6. The van der Waals surface area contributed by atoms with Gasteiger partial charge in [0.05, 0.1) is 17.1 Å². The third-order valence-electron chi connectivity index (χ3n) is 6.40. The summed E-state index contributed by atoms with van der Waals surface area (Å²) in [6, 6.07) is 7.00. The number of aromatic nitrogens is 1. The number of amides is 2. The van der Waals surface area contributed by atoms with E-state index in [1.807, 2.05) is 19.1 Å². The molecule has 168 valence electrons. The Balaban J connectivity index is 1.23. The quantitative estimate of drug-likeness (QED) is 0.759. The lowest BCUT2D eigenvalue weighted by atomic mass is 10.1. The van der Waals surface area contributed by atoms with Gasteiger partial charge in [0, 0.05) is 52.6 Å². The van der Waals surface area contributed by atoms with Gasteiger partial charge in [-0.15, -0.1) is 0 Å². The second-order valence-electron chi connectivity index (χ2n) is 8.65. The van der Waals surface area contributed by atoms with E-state index in [0.29, 0.717) is 30.8 Å². The van der Waals surface area contributed by atoms with Crippen molar-refractivity contribution in [3.63, 3.8) is 0 Å². The lowest BCUT2D eigenvalue weighted by Gasteiger charge is -2.36. The fraction of sp³-hybridized carbons (Fsp3) is 0.435. The molecule has 2 N–H and O–H groups in total. The zero-order chi connectivity index (χ0) is 22.5. The highest BCUT2D eigenvalue weighted by Gasteiger charge is 2.55. The Morgan fingerprint density at radius 2 is 2.00 bits per heavy atom. The highest BCUT2D eigenvalue weighted by molar-refractivity contribution is 6.02. The maximum Gasteiger partial charge on any atom is 0.269 e. The van der Waals surface area contributed by atoms with Gasteiger partial charge in [-0.3, -0.25) is 14.5 Å². The third-order valence-corrected chi connectivity index (χ3v) is 6.40. The number of hydrogen-bond donors (Lipinski definition) is 2. The lowest BCUT2D eigenvalue weighted by Crippen LogP contribution is -2.46.